The molecule has 1 aliphatic heterocycles. The molecule has 122 valence electrons. The lowest BCUT2D eigenvalue weighted by Crippen LogP contribution is -2.13. The van der Waals surface area contributed by atoms with Crippen LogP contribution in [0, 0.1) is 0 Å². The summed E-state index contributed by atoms with van der Waals surface area (Å²) in [5, 5.41) is 10.9. The maximum atomic E-state index is 12.7. The Kier molecular flexibility index (Phi) is 7.16. The van der Waals surface area contributed by atoms with E-state index in [4.69, 9.17) is 0 Å². The van der Waals surface area contributed by atoms with Crippen LogP contribution in [-0.4, -0.2) is 28.2 Å². The van der Waals surface area contributed by atoms with Gasteiger partial charge in [-0.15, -0.1) is 18.3 Å². The molecule has 2 nitrogen and oxygen atoms in total. The predicted octanol–water partition coefficient (Wildman–Crippen LogP) is 4.80. The highest BCUT2D eigenvalue weighted by atomic mass is 32.2. The Labute approximate surface area is 133 Å². The molecule has 1 rings (SSSR count). The number of hydrogen-bond acceptors (Lipinski definition) is 3. The second-order valence-electron chi connectivity index (χ2n) is 4.93. The molecule has 1 aliphatic rings. The fourth-order valence-electron chi connectivity index (χ4n) is 1.84. The van der Waals surface area contributed by atoms with Crippen LogP contribution in [0.4, 0.5) is 13.2 Å². The second-order valence-corrected chi connectivity index (χ2v) is 6.14. The molecule has 0 saturated heterocycles. The summed E-state index contributed by atoms with van der Waals surface area (Å²) in [6.07, 6.45) is 0.162. The van der Waals surface area contributed by atoms with Crippen LogP contribution < -0.4 is 0 Å². The second kappa shape index (κ2) is 8.39. The van der Waals surface area contributed by atoms with Crippen molar-refractivity contribution in [3.63, 3.8) is 0 Å². The highest BCUT2D eigenvalue weighted by Crippen LogP contribution is 2.29. The molecule has 0 spiro atoms. The van der Waals surface area contributed by atoms with E-state index in [-0.39, 0.29) is 12.8 Å². The molecular formula is C16H20F3NOS. The van der Waals surface area contributed by atoms with Crippen LogP contribution in [0.5, 0.6) is 0 Å². The maximum absolute atomic E-state index is 12.7. The van der Waals surface area contributed by atoms with Gasteiger partial charge >= 0.3 is 6.18 Å². The number of aliphatic imine (C=N–C) groups is 1. The van der Waals surface area contributed by atoms with E-state index < -0.39 is 17.9 Å². The first kappa shape index (κ1) is 18.8. The molecule has 0 radical (unpaired) electrons. The van der Waals surface area contributed by atoms with E-state index >= 15 is 0 Å². The Balaban J connectivity index is 2.77. The lowest BCUT2D eigenvalue weighted by molar-refractivity contribution is -0.0932. The highest BCUT2D eigenvalue weighted by molar-refractivity contribution is 8.14. The molecule has 0 aromatic carbocycles. The molecule has 1 atom stereocenters. The van der Waals surface area contributed by atoms with Crippen molar-refractivity contribution in [2.45, 2.75) is 39.0 Å². The number of allylic oxidation sites excluding steroid dienone is 3. The van der Waals surface area contributed by atoms with Crippen LogP contribution in [0.1, 0.15) is 26.7 Å². The van der Waals surface area contributed by atoms with Crippen molar-refractivity contribution in [1.82, 2.24) is 0 Å². The Morgan fingerprint density at radius 2 is 2.23 bits per heavy atom. The third-order valence-electron chi connectivity index (χ3n) is 3.09. The molecular weight excluding hydrogens is 311 g/mol. The Morgan fingerprint density at radius 3 is 2.77 bits per heavy atom. The van der Waals surface area contributed by atoms with Gasteiger partial charge in [-0.3, -0.25) is 0 Å². The van der Waals surface area contributed by atoms with Crippen LogP contribution in [0.2, 0.25) is 0 Å². The van der Waals surface area contributed by atoms with Crippen molar-refractivity contribution < 1.29 is 18.3 Å². The quantitative estimate of drug-likeness (QED) is 0.709. The van der Waals surface area contributed by atoms with Gasteiger partial charge in [0.15, 0.2) is 0 Å². The molecule has 0 bridgehead atoms. The number of nitrogens with zero attached hydrogens (tertiary/aromatic N) is 1. The number of rotatable bonds is 6. The molecule has 0 aromatic heterocycles. The minimum Gasteiger partial charge on any atom is -0.388 e. The summed E-state index contributed by atoms with van der Waals surface area (Å²) < 4.78 is 38.2. The monoisotopic (exact) mass is 331 g/mol. The van der Waals surface area contributed by atoms with Gasteiger partial charge in [0.1, 0.15) is 0 Å². The molecule has 0 amide bonds. The Morgan fingerprint density at radius 1 is 1.55 bits per heavy atom. The van der Waals surface area contributed by atoms with Gasteiger partial charge in [0, 0.05) is 11.3 Å². The van der Waals surface area contributed by atoms with Crippen LogP contribution in [0.15, 0.2) is 52.7 Å². The van der Waals surface area contributed by atoms with Gasteiger partial charge < -0.3 is 5.11 Å². The lowest BCUT2D eigenvalue weighted by atomic mass is 10.0. The molecule has 0 aromatic rings. The average molecular weight is 331 g/mol. The molecule has 0 aliphatic carbocycles. The number of alkyl halides is 3. The highest BCUT2D eigenvalue weighted by Gasteiger charge is 2.32. The zero-order valence-electron chi connectivity index (χ0n) is 12.7. The largest absolute Gasteiger partial charge is 0.412 e. The summed E-state index contributed by atoms with van der Waals surface area (Å²) in [7, 11) is 0. The van der Waals surface area contributed by atoms with Gasteiger partial charge in [-0.1, -0.05) is 12.2 Å². The summed E-state index contributed by atoms with van der Waals surface area (Å²) >= 11 is 1.62. The number of aliphatic hydroxyl groups excluding tert-OH is 1. The average Bonchev–Trinajstić information content (AvgIpc) is 2.41. The van der Waals surface area contributed by atoms with Gasteiger partial charge in [0.2, 0.25) is 0 Å². The smallest absolute Gasteiger partial charge is 0.388 e. The summed E-state index contributed by atoms with van der Waals surface area (Å²) in [6.45, 7) is 6.90. The Hall–Kier alpha value is -1.27. The van der Waals surface area contributed by atoms with Gasteiger partial charge in [0.05, 0.1) is 16.8 Å². The lowest BCUT2D eigenvalue weighted by Gasteiger charge is -2.14. The first-order valence-corrected chi connectivity index (χ1v) is 7.84. The fraction of sp³-hybridized carbons (Fsp3) is 0.438. The van der Waals surface area contributed by atoms with Crippen molar-refractivity contribution in [3.8, 4) is 0 Å². The van der Waals surface area contributed by atoms with Gasteiger partial charge in [-0.25, -0.2) is 4.99 Å². The summed E-state index contributed by atoms with van der Waals surface area (Å²) in [5.41, 5.74) is 0.640. The first-order chi connectivity index (χ1) is 10.2. The van der Waals surface area contributed by atoms with Crippen LogP contribution in [-0.2, 0) is 0 Å². The normalized spacial score (nSPS) is 18.6. The zero-order chi connectivity index (χ0) is 16.8. The molecule has 0 unspecified atom stereocenters. The number of aliphatic hydroxyl groups is 1. The van der Waals surface area contributed by atoms with Crippen molar-refractivity contribution in [1.29, 1.82) is 0 Å². The van der Waals surface area contributed by atoms with E-state index in [1.165, 1.54) is 6.08 Å². The van der Waals surface area contributed by atoms with E-state index in [0.717, 1.165) is 22.6 Å². The standard InChI is InChI=1S/C16H20F3NOS/c1-4-5-13(16(17,18)19)6-7-15(21)11(2)10-14-8-9-22-12(3)20-14/h4,6,8,10,15,21H,1,5,7,9H2,2-3H3/b11-10+,13-6+/t15-/m0/s1. The SMILES string of the molecule is C=CC/C(=C\C[C@H](O)/C(C)=C/C1=CCSC(C)=N1)C(F)(F)F. The summed E-state index contributed by atoms with van der Waals surface area (Å²) in [6, 6.07) is 0. The fourth-order valence-corrected chi connectivity index (χ4v) is 2.50. The summed E-state index contributed by atoms with van der Waals surface area (Å²) in [4.78, 5) is 4.31. The number of thioether (sulfide) groups is 1. The molecule has 1 heterocycles. The first-order valence-electron chi connectivity index (χ1n) is 6.85. The van der Waals surface area contributed by atoms with E-state index in [2.05, 4.69) is 11.6 Å². The number of hydrogen-bond donors (Lipinski definition) is 1. The van der Waals surface area contributed by atoms with Crippen molar-refractivity contribution >= 4 is 16.8 Å². The van der Waals surface area contributed by atoms with E-state index in [1.54, 1.807) is 24.8 Å². The number of halogens is 3. The molecule has 1 N–H and O–H groups in total. The van der Waals surface area contributed by atoms with Gasteiger partial charge in [-0.05, 0) is 44.4 Å². The van der Waals surface area contributed by atoms with Crippen molar-refractivity contribution in [2.24, 2.45) is 4.99 Å². The minimum atomic E-state index is -4.39. The maximum Gasteiger partial charge on any atom is 0.412 e. The third kappa shape index (κ3) is 6.23. The van der Waals surface area contributed by atoms with E-state index in [0.29, 0.717) is 5.57 Å². The topological polar surface area (TPSA) is 32.6 Å². The molecule has 0 saturated carbocycles. The van der Waals surface area contributed by atoms with Crippen molar-refractivity contribution in [2.75, 3.05) is 5.75 Å². The summed E-state index contributed by atoms with van der Waals surface area (Å²) in [5.74, 6) is 0.808. The van der Waals surface area contributed by atoms with Gasteiger partial charge in [-0.2, -0.15) is 13.2 Å². The molecule has 0 fully saturated rings. The minimum absolute atomic E-state index is 0.0876. The van der Waals surface area contributed by atoms with E-state index in [1.807, 2.05) is 13.0 Å². The third-order valence-corrected chi connectivity index (χ3v) is 3.93. The Bertz CT molecular complexity index is 530. The zero-order valence-corrected chi connectivity index (χ0v) is 13.5. The van der Waals surface area contributed by atoms with Crippen LogP contribution in [0.3, 0.4) is 0 Å². The van der Waals surface area contributed by atoms with Crippen LogP contribution >= 0.6 is 11.8 Å². The predicted molar refractivity (Wildman–Crippen MR) is 87.0 cm³/mol. The van der Waals surface area contributed by atoms with E-state index in [9.17, 15) is 18.3 Å². The molecule has 22 heavy (non-hydrogen) atoms. The van der Waals surface area contributed by atoms with Crippen molar-refractivity contribution in [3.05, 3.63) is 47.7 Å². The van der Waals surface area contributed by atoms with Gasteiger partial charge in [0.25, 0.3) is 0 Å². The van der Waals surface area contributed by atoms with Crippen LogP contribution in [0.25, 0.3) is 0 Å². The molecule has 6 heteroatoms.